The van der Waals surface area contributed by atoms with Gasteiger partial charge in [-0.25, -0.2) is 0 Å². The molecular formula is C18H38N2O. The van der Waals surface area contributed by atoms with E-state index in [0.29, 0.717) is 0 Å². The topological polar surface area (TPSA) is 24.5 Å². The molecule has 1 saturated carbocycles. The fourth-order valence-corrected chi connectivity index (χ4v) is 3.56. The van der Waals surface area contributed by atoms with Crippen LogP contribution in [0.1, 0.15) is 53.4 Å². The summed E-state index contributed by atoms with van der Waals surface area (Å²) in [5, 5.41) is 3.80. The summed E-state index contributed by atoms with van der Waals surface area (Å²) in [6.45, 7) is 14.2. The molecule has 0 aliphatic heterocycles. The monoisotopic (exact) mass is 298 g/mol. The molecule has 21 heavy (non-hydrogen) atoms. The smallest absolute Gasteiger partial charge is 0.0593 e. The minimum absolute atomic E-state index is 0.717. The number of nitrogens with one attached hydrogen (secondary N) is 1. The first kappa shape index (κ1) is 18.9. The predicted molar refractivity (Wildman–Crippen MR) is 91.7 cm³/mol. The van der Waals surface area contributed by atoms with Crippen LogP contribution in [0.25, 0.3) is 0 Å². The number of ether oxygens (including phenoxy) is 1. The van der Waals surface area contributed by atoms with Crippen molar-refractivity contribution in [2.24, 2.45) is 17.8 Å². The lowest BCUT2D eigenvalue weighted by atomic mass is 9.73. The van der Waals surface area contributed by atoms with Crippen LogP contribution >= 0.6 is 0 Å². The van der Waals surface area contributed by atoms with Crippen molar-refractivity contribution in [3.63, 3.8) is 0 Å². The van der Waals surface area contributed by atoms with Crippen LogP contribution in [0, 0.1) is 17.8 Å². The molecule has 0 radical (unpaired) electrons. The first-order chi connectivity index (χ1) is 10.1. The average molecular weight is 299 g/mol. The van der Waals surface area contributed by atoms with E-state index in [1.54, 1.807) is 0 Å². The maximum Gasteiger partial charge on any atom is 0.0593 e. The van der Waals surface area contributed by atoms with Gasteiger partial charge in [0.25, 0.3) is 0 Å². The highest BCUT2D eigenvalue weighted by Crippen LogP contribution is 2.34. The molecule has 3 heteroatoms. The van der Waals surface area contributed by atoms with Gasteiger partial charge in [0.1, 0.15) is 0 Å². The molecular weight excluding hydrogens is 260 g/mol. The lowest BCUT2D eigenvalue weighted by Gasteiger charge is -2.40. The summed E-state index contributed by atoms with van der Waals surface area (Å²) in [7, 11) is 2.24. The quantitative estimate of drug-likeness (QED) is 0.626. The predicted octanol–water partition coefficient (Wildman–Crippen LogP) is 3.40. The lowest BCUT2D eigenvalue weighted by Crippen LogP contribution is -2.46. The zero-order valence-corrected chi connectivity index (χ0v) is 15.0. The SMILES string of the molecule is CCCNC1CCC(C(C)C)CC1CN(C)CCOCC. The Morgan fingerprint density at radius 2 is 2.00 bits per heavy atom. The van der Waals surface area contributed by atoms with E-state index < -0.39 is 0 Å². The third-order valence-corrected chi connectivity index (χ3v) is 4.99. The van der Waals surface area contributed by atoms with Gasteiger partial charge in [0.2, 0.25) is 0 Å². The second-order valence-corrected chi connectivity index (χ2v) is 7.10. The third kappa shape index (κ3) is 7.12. The highest BCUT2D eigenvalue weighted by molar-refractivity contribution is 4.87. The van der Waals surface area contributed by atoms with Gasteiger partial charge in [-0.3, -0.25) is 0 Å². The maximum atomic E-state index is 5.49. The van der Waals surface area contributed by atoms with E-state index in [1.807, 2.05) is 0 Å². The molecule has 3 nitrogen and oxygen atoms in total. The van der Waals surface area contributed by atoms with Gasteiger partial charge in [0, 0.05) is 25.7 Å². The van der Waals surface area contributed by atoms with Gasteiger partial charge in [0.15, 0.2) is 0 Å². The summed E-state index contributed by atoms with van der Waals surface area (Å²) in [6.07, 6.45) is 5.38. The van der Waals surface area contributed by atoms with E-state index in [9.17, 15) is 0 Å². The summed E-state index contributed by atoms with van der Waals surface area (Å²) < 4.78 is 5.49. The number of rotatable bonds is 10. The molecule has 1 aliphatic carbocycles. The van der Waals surface area contributed by atoms with Crippen molar-refractivity contribution >= 4 is 0 Å². The Kier molecular flexibility index (Phi) is 9.54. The van der Waals surface area contributed by atoms with Crippen LogP contribution in [0.5, 0.6) is 0 Å². The first-order valence-corrected chi connectivity index (χ1v) is 9.08. The van der Waals surface area contributed by atoms with E-state index in [4.69, 9.17) is 4.74 Å². The number of hydrogen-bond donors (Lipinski definition) is 1. The highest BCUT2D eigenvalue weighted by atomic mass is 16.5. The zero-order valence-electron chi connectivity index (χ0n) is 15.0. The summed E-state index contributed by atoms with van der Waals surface area (Å²) in [5.74, 6) is 2.53. The van der Waals surface area contributed by atoms with Gasteiger partial charge in [-0.2, -0.15) is 0 Å². The largest absolute Gasteiger partial charge is 0.380 e. The van der Waals surface area contributed by atoms with Crippen molar-refractivity contribution in [1.29, 1.82) is 0 Å². The van der Waals surface area contributed by atoms with E-state index in [2.05, 4.69) is 45.0 Å². The van der Waals surface area contributed by atoms with Crippen LogP contribution in [0.2, 0.25) is 0 Å². The molecule has 0 saturated heterocycles. The van der Waals surface area contributed by atoms with Gasteiger partial charge in [0.05, 0.1) is 6.61 Å². The Morgan fingerprint density at radius 3 is 2.62 bits per heavy atom. The van der Waals surface area contributed by atoms with Crippen molar-refractivity contribution in [3.8, 4) is 0 Å². The minimum Gasteiger partial charge on any atom is -0.380 e. The Hall–Kier alpha value is -0.120. The summed E-state index contributed by atoms with van der Waals surface area (Å²) in [4.78, 5) is 2.46. The highest BCUT2D eigenvalue weighted by Gasteiger charge is 2.31. The van der Waals surface area contributed by atoms with Gasteiger partial charge in [-0.1, -0.05) is 20.8 Å². The maximum absolute atomic E-state index is 5.49. The molecule has 3 atom stereocenters. The molecule has 0 aromatic heterocycles. The Morgan fingerprint density at radius 1 is 1.24 bits per heavy atom. The van der Waals surface area contributed by atoms with Crippen LogP contribution in [0.4, 0.5) is 0 Å². The Bertz CT molecular complexity index is 258. The molecule has 1 aliphatic rings. The van der Waals surface area contributed by atoms with Crippen molar-refractivity contribution in [2.45, 2.75) is 59.4 Å². The number of hydrogen-bond acceptors (Lipinski definition) is 3. The molecule has 0 aromatic carbocycles. The van der Waals surface area contributed by atoms with Crippen LogP contribution in [-0.4, -0.2) is 50.8 Å². The Balaban J connectivity index is 2.48. The van der Waals surface area contributed by atoms with Crippen LogP contribution < -0.4 is 5.32 Å². The molecule has 126 valence electrons. The summed E-state index contributed by atoms with van der Waals surface area (Å²) in [6, 6.07) is 0.717. The fourth-order valence-electron chi connectivity index (χ4n) is 3.56. The number of nitrogens with zero attached hydrogens (tertiary/aromatic N) is 1. The standard InChI is InChI=1S/C18H38N2O/c1-6-10-19-18-9-8-16(15(3)4)13-17(18)14-20(5)11-12-21-7-2/h15-19H,6-14H2,1-5H3. The molecule has 0 amide bonds. The fraction of sp³-hybridized carbons (Fsp3) is 1.00. The van der Waals surface area contributed by atoms with E-state index in [1.165, 1.54) is 32.2 Å². The van der Waals surface area contributed by atoms with E-state index in [-0.39, 0.29) is 0 Å². The second-order valence-electron chi connectivity index (χ2n) is 7.10. The normalized spacial score (nSPS) is 26.7. The van der Waals surface area contributed by atoms with Gasteiger partial charge in [-0.05, 0) is 64.0 Å². The summed E-state index contributed by atoms with van der Waals surface area (Å²) in [5.41, 5.74) is 0. The van der Waals surface area contributed by atoms with Crippen molar-refractivity contribution in [2.75, 3.05) is 39.9 Å². The van der Waals surface area contributed by atoms with Gasteiger partial charge >= 0.3 is 0 Å². The van der Waals surface area contributed by atoms with Crippen molar-refractivity contribution in [3.05, 3.63) is 0 Å². The molecule has 3 unspecified atom stereocenters. The molecule has 0 bridgehead atoms. The molecule has 0 heterocycles. The lowest BCUT2D eigenvalue weighted by molar-refractivity contribution is 0.0952. The van der Waals surface area contributed by atoms with E-state index >= 15 is 0 Å². The van der Waals surface area contributed by atoms with Crippen LogP contribution in [-0.2, 0) is 4.74 Å². The Labute approximate surface area is 132 Å². The molecule has 0 spiro atoms. The molecule has 1 N–H and O–H groups in total. The van der Waals surface area contributed by atoms with E-state index in [0.717, 1.165) is 50.1 Å². The average Bonchev–Trinajstić information content (AvgIpc) is 2.46. The second kappa shape index (κ2) is 10.6. The summed E-state index contributed by atoms with van der Waals surface area (Å²) >= 11 is 0. The van der Waals surface area contributed by atoms with Crippen LogP contribution in [0.3, 0.4) is 0 Å². The minimum atomic E-state index is 0.717. The molecule has 0 aromatic rings. The number of likely N-dealkylation sites (N-methyl/N-ethyl adjacent to an activating group) is 1. The third-order valence-electron chi connectivity index (χ3n) is 4.99. The van der Waals surface area contributed by atoms with Crippen molar-refractivity contribution < 1.29 is 4.74 Å². The molecule has 1 rings (SSSR count). The van der Waals surface area contributed by atoms with Crippen molar-refractivity contribution in [1.82, 2.24) is 10.2 Å². The van der Waals surface area contributed by atoms with Gasteiger partial charge in [-0.15, -0.1) is 0 Å². The van der Waals surface area contributed by atoms with Crippen LogP contribution in [0.15, 0.2) is 0 Å². The first-order valence-electron chi connectivity index (χ1n) is 9.08. The zero-order chi connectivity index (χ0) is 15.7. The molecule has 1 fully saturated rings. The van der Waals surface area contributed by atoms with Gasteiger partial charge < -0.3 is 15.0 Å².